The Hall–Kier alpha value is -2.74. The third-order valence-corrected chi connectivity index (χ3v) is 7.79. The fraction of sp³-hybridized carbons (Fsp3) is 0.480. The lowest BCUT2D eigenvalue weighted by Crippen LogP contribution is -2.50. The van der Waals surface area contributed by atoms with E-state index in [1.54, 1.807) is 23.1 Å². The minimum absolute atomic E-state index is 0.214. The monoisotopic (exact) mass is 467 g/mol. The number of benzene rings is 1. The minimum atomic E-state index is -0.423. The van der Waals surface area contributed by atoms with Crippen LogP contribution >= 0.6 is 11.3 Å². The molecule has 1 saturated heterocycles. The molecule has 174 valence electrons. The quantitative estimate of drug-likeness (QED) is 0.568. The van der Waals surface area contributed by atoms with Crippen molar-refractivity contribution in [2.24, 2.45) is 5.92 Å². The van der Waals surface area contributed by atoms with Gasteiger partial charge >= 0.3 is 6.03 Å². The standard InChI is InChI=1S/C25H30FN5OS/c1-3-6-21-28-23(22-17-10-9-16(2)15-20(17)33-24(22)29-21)30-11-13-31(14-12-30)25(32)27-19-8-5-4-7-18(19)26/h4-5,7-8,16H,3,6,9-15H2,1-2H3,(H,27,32)/t16-/m1/s1. The zero-order valence-corrected chi connectivity index (χ0v) is 20.1. The molecule has 0 spiro atoms. The molecule has 0 unspecified atom stereocenters. The number of nitrogens with one attached hydrogen (secondary N) is 1. The molecular formula is C25H30FN5OS. The van der Waals surface area contributed by atoms with Crippen molar-refractivity contribution in [3.63, 3.8) is 0 Å². The molecule has 1 aliphatic heterocycles. The maximum Gasteiger partial charge on any atom is 0.322 e. The van der Waals surface area contributed by atoms with Gasteiger partial charge in [0.15, 0.2) is 0 Å². The molecule has 0 bridgehead atoms. The average molecular weight is 468 g/mol. The maximum absolute atomic E-state index is 13.9. The Balaban J connectivity index is 1.37. The number of amides is 2. The average Bonchev–Trinajstić information content (AvgIpc) is 3.17. The number of hydrogen-bond acceptors (Lipinski definition) is 5. The topological polar surface area (TPSA) is 61.4 Å². The summed E-state index contributed by atoms with van der Waals surface area (Å²) in [5, 5.41) is 3.93. The number of para-hydroxylation sites is 1. The van der Waals surface area contributed by atoms with Crippen molar-refractivity contribution in [2.75, 3.05) is 36.4 Å². The predicted molar refractivity (Wildman–Crippen MR) is 132 cm³/mol. The van der Waals surface area contributed by atoms with Crippen LogP contribution in [0.5, 0.6) is 0 Å². The Labute approximate surface area is 197 Å². The number of rotatable bonds is 4. The van der Waals surface area contributed by atoms with Gasteiger partial charge < -0.3 is 15.1 Å². The molecule has 33 heavy (non-hydrogen) atoms. The van der Waals surface area contributed by atoms with Crippen LogP contribution in [0.15, 0.2) is 24.3 Å². The van der Waals surface area contributed by atoms with E-state index in [-0.39, 0.29) is 11.7 Å². The molecule has 2 aromatic heterocycles. The lowest BCUT2D eigenvalue weighted by molar-refractivity contribution is 0.208. The molecule has 1 aromatic carbocycles. The van der Waals surface area contributed by atoms with Crippen LogP contribution in [-0.4, -0.2) is 47.1 Å². The van der Waals surface area contributed by atoms with Crippen molar-refractivity contribution >= 4 is 39.1 Å². The number of fused-ring (bicyclic) bond motifs is 3. The van der Waals surface area contributed by atoms with E-state index < -0.39 is 5.82 Å². The van der Waals surface area contributed by atoms with Gasteiger partial charge in [-0.1, -0.05) is 26.0 Å². The third kappa shape index (κ3) is 4.40. The first-order chi connectivity index (χ1) is 16.0. The lowest BCUT2D eigenvalue weighted by Gasteiger charge is -2.36. The highest BCUT2D eigenvalue weighted by Gasteiger charge is 2.28. The molecule has 8 heteroatoms. The second kappa shape index (κ2) is 9.25. The Morgan fingerprint density at radius 3 is 2.76 bits per heavy atom. The fourth-order valence-corrected chi connectivity index (χ4v) is 6.20. The van der Waals surface area contributed by atoms with Gasteiger partial charge in [-0.3, -0.25) is 0 Å². The van der Waals surface area contributed by atoms with Crippen LogP contribution in [-0.2, 0) is 19.3 Å². The van der Waals surface area contributed by atoms with E-state index in [4.69, 9.17) is 9.97 Å². The van der Waals surface area contributed by atoms with E-state index in [1.165, 1.54) is 28.3 Å². The van der Waals surface area contributed by atoms with Gasteiger partial charge in [-0.25, -0.2) is 19.2 Å². The summed E-state index contributed by atoms with van der Waals surface area (Å²) in [6, 6.07) is 6.00. The largest absolute Gasteiger partial charge is 0.352 e. The summed E-state index contributed by atoms with van der Waals surface area (Å²) < 4.78 is 13.9. The number of nitrogens with zero attached hydrogens (tertiary/aromatic N) is 4. The Bertz CT molecular complexity index is 1170. The number of carbonyl (C=O) groups is 1. The molecular weight excluding hydrogens is 437 g/mol. The summed E-state index contributed by atoms with van der Waals surface area (Å²) in [6.45, 7) is 7.01. The highest BCUT2D eigenvalue weighted by molar-refractivity contribution is 7.19. The number of aromatic nitrogens is 2. The van der Waals surface area contributed by atoms with Gasteiger partial charge in [0, 0.05) is 37.5 Å². The number of piperazine rings is 1. The second-order valence-electron chi connectivity index (χ2n) is 9.13. The smallest absolute Gasteiger partial charge is 0.322 e. The Morgan fingerprint density at radius 2 is 2.00 bits per heavy atom. The van der Waals surface area contributed by atoms with Gasteiger partial charge in [0.2, 0.25) is 0 Å². The summed E-state index contributed by atoms with van der Waals surface area (Å²) in [7, 11) is 0. The zero-order chi connectivity index (χ0) is 22.9. The molecule has 3 aromatic rings. The normalized spacial score (nSPS) is 18.5. The molecule has 2 aliphatic rings. The van der Waals surface area contributed by atoms with Crippen molar-refractivity contribution in [1.29, 1.82) is 0 Å². The highest BCUT2D eigenvalue weighted by Crippen LogP contribution is 2.41. The fourth-order valence-electron chi connectivity index (χ4n) is 4.81. The maximum atomic E-state index is 13.9. The van der Waals surface area contributed by atoms with E-state index >= 15 is 0 Å². The summed E-state index contributed by atoms with van der Waals surface area (Å²) in [5.74, 6) is 2.23. The molecule has 6 nitrogen and oxygen atoms in total. The van der Waals surface area contributed by atoms with Crippen molar-refractivity contribution < 1.29 is 9.18 Å². The van der Waals surface area contributed by atoms with E-state index in [0.717, 1.165) is 42.2 Å². The summed E-state index contributed by atoms with van der Waals surface area (Å²) in [4.78, 5) is 29.3. The molecule has 1 N–H and O–H groups in total. The first kappa shape index (κ1) is 22.1. The summed E-state index contributed by atoms with van der Waals surface area (Å²) in [6.07, 6.45) is 5.30. The van der Waals surface area contributed by atoms with E-state index in [1.807, 2.05) is 11.3 Å². The number of anilines is 2. The van der Waals surface area contributed by atoms with E-state index in [9.17, 15) is 9.18 Å². The van der Waals surface area contributed by atoms with Crippen molar-refractivity contribution in [1.82, 2.24) is 14.9 Å². The first-order valence-electron chi connectivity index (χ1n) is 11.9. The number of urea groups is 1. The number of thiophene rings is 1. The van der Waals surface area contributed by atoms with Crippen LogP contribution in [0.4, 0.5) is 20.7 Å². The zero-order valence-electron chi connectivity index (χ0n) is 19.2. The number of hydrogen-bond donors (Lipinski definition) is 1. The van der Waals surface area contributed by atoms with Gasteiger partial charge in [0.1, 0.15) is 22.3 Å². The van der Waals surface area contributed by atoms with E-state index in [0.29, 0.717) is 32.1 Å². The molecule has 2 amide bonds. The van der Waals surface area contributed by atoms with Gasteiger partial charge in [0.25, 0.3) is 0 Å². The lowest BCUT2D eigenvalue weighted by atomic mass is 9.89. The van der Waals surface area contributed by atoms with Crippen molar-refractivity contribution in [2.45, 2.75) is 46.0 Å². The van der Waals surface area contributed by atoms with Gasteiger partial charge in [0.05, 0.1) is 11.1 Å². The second-order valence-corrected chi connectivity index (χ2v) is 10.2. The summed E-state index contributed by atoms with van der Waals surface area (Å²) >= 11 is 1.84. The SMILES string of the molecule is CCCc1nc(N2CCN(C(=O)Nc3ccccc3F)CC2)c2c3c(sc2n1)C[C@H](C)CC3. The minimum Gasteiger partial charge on any atom is -0.352 e. The van der Waals surface area contributed by atoms with Gasteiger partial charge in [-0.15, -0.1) is 11.3 Å². The number of halogens is 1. The Kier molecular flexibility index (Phi) is 6.19. The number of aryl methyl sites for hydroxylation is 2. The highest BCUT2D eigenvalue weighted by atomic mass is 32.1. The first-order valence-corrected chi connectivity index (χ1v) is 12.7. The van der Waals surface area contributed by atoms with Crippen LogP contribution in [0.25, 0.3) is 10.2 Å². The van der Waals surface area contributed by atoms with Crippen molar-refractivity contribution in [3.05, 3.63) is 46.3 Å². The molecule has 1 fully saturated rings. The molecule has 0 saturated carbocycles. The van der Waals surface area contributed by atoms with Crippen molar-refractivity contribution in [3.8, 4) is 0 Å². The molecule has 0 radical (unpaired) electrons. The van der Waals surface area contributed by atoms with Crippen LogP contribution in [0.3, 0.4) is 0 Å². The van der Waals surface area contributed by atoms with Crippen LogP contribution in [0, 0.1) is 11.7 Å². The molecule has 1 atom stereocenters. The van der Waals surface area contributed by atoms with Crippen LogP contribution in [0.2, 0.25) is 0 Å². The van der Waals surface area contributed by atoms with E-state index in [2.05, 4.69) is 24.1 Å². The molecule has 1 aliphatic carbocycles. The predicted octanol–water partition coefficient (Wildman–Crippen LogP) is 5.26. The van der Waals surface area contributed by atoms with Gasteiger partial charge in [-0.05, 0) is 49.3 Å². The van der Waals surface area contributed by atoms with Gasteiger partial charge in [-0.2, -0.15) is 0 Å². The van der Waals surface area contributed by atoms with Crippen LogP contribution in [0.1, 0.15) is 43.0 Å². The Morgan fingerprint density at radius 1 is 1.21 bits per heavy atom. The molecule has 5 rings (SSSR count). The summed E-state index contributed by atoms with van der Waals surface area (Å²) in [5.41, 5.74) is 1.65. The molecule has 3 heterocycles. The third-order valence-electron chi connectivity index (χ3n) is 6.64. The van der Waals surface area contributed by atoms with Crippen LogP contribution < -0.4 is 10.2 Å². The number of carbonyl (C=O) groups excluding carboxylic acids is 1.